The average Bonchev–Trinajstić information content (AvgIpc) is 2.86. The Bertz CT molecular complexity index is 479. The van der Waals surface area contributed by atoms with E-state index in [-0.39, 0.29) is 12.1 Å². The largest absolute Gasteiger partial charge is 0.377 e. The van der Waals surface area contributed by atoms with Crippen LogP contribution in [0.2, 0.25) is 0 Å². The maximum absolute atomic E-state index is 6.14. The number of hydrogen-bond acceptors (Lipinski definition) is 3. The number of hydrogen-bond donors (Lipinski definition) is 1. The van der Waals surface area contributed by atoms with Crippen molar-refractivity contribution in [2.24, 2.45) is 5.73 Å². The van der Waals surface area contributed by atoms with Crippen LogP contribution in [0.5, 0.6) is 0 Å². The molecule has 0 aliphatic carbocycles. The average molecular weight is 245 g/mol. The molecule has 1 aromatic carbocycles. The lowest BCUT2D eigenvalue weighted by Crippen LogP contribution is -2.22. The third-order valence-electron chi connectivity index (χ3n) is 2.66. The van der Waals surface area contributed by atoms with Gasteiger partial charge in [0.05, 0.1) is 30.1 Å². The minimum atomic E-state index is -0.171. The van der Waals surface area contributed by atoms with E-state index in [0.717, 1.165) is 11.4 Å². The Balaban J connectivity index is 2.17. The fourth-order valence-corrected chi connectivity index (χ4v) is 1.76. The van der Waals surface area contributed by atoms with E-state index < -0.39 is 0 Å². The maximum atomic E-state index is 6.14. The molecule has 1 heterocycles. The molecule has 0 radical (unpaired) electrons. The number of aromatic nitrogens is 2. The van der Waals surface area contributed by atoms with Gasteiger partial charge < -0.3 is 10.5 Å². The predicted molar refractivity (Wildman–Crippen MR) is 71.6 cm³/mol. The van der Waals surface area contributed by atoms with Crippen molar-refractivity contribution in [1.29, 1.82) is 0 Å². The van der Waals surface area contributed by atoms with Crippen molar-refractivity contribution < 1.29 is 4.74 Å². The van der Waals surface area contributed by atoms with Gasteiger partial charge in [0.2, 0.25) is 0 Å². The molecule has 2 aromatic rings. The molecule has 0 aliphatic rings. The summed E-state index contributed by atoms with van der Waals surface area (Å²) in [7, 11) is 0. The Morgan fingerprint density at radius 3 is 2.61 bits per heavy atom. The van der Waals surface area contributed by atoms with E-state index in [9.17, 15) is 0 Å². The minimum Gasteiger partial charge on any atom is -0.377 e. The van der Waals surface area contributed by atoms with Crippen molar-refractivity contribution >= 4 is 0 Å². The van der Waals surface area contributed by atoms with Crippen molar-refractivity contribution in [2.75, 3.05) is 6.61 Å². The van der Waals surface area contributed by atoms with Gasteiger partial charge in [-0.1, -0.05) is 18.2 Å². The van der Waals surface area contributed by atoms with Gasteiger partial charge in [0.1, 0.15) is 0 Å². The summed E-state index contributed by atoms with van der Waals surface area (Å²) in [5.41, 5.74) is 8.11. The number of benzene rings is 1. The summed E-state index contributed by atoms with van der Waals surface area (Å²) in [4.78, 5) is 0. The van der Waals surface area contributed by atoms with E-state index in [1.807, 2.05) is 54.9 Å². The van der Waals surface area contributed by atoms with Crippen molar-refractivity contribution in [3.05, 3.63) is 48.3 Å². The number of nitrogens with two attached hydrogens (primary N) is 1. The molecule has 1 atom stereocenters. The lowest BCUT2D eigenvalue weighted by Gasteiger charge is -2.16. The van der Waals surface area contributed by atoms with Gasteiger partial charge in [0.15, 0.2) is 0 Å². The van der Waals surface area contributed by atoms with E-state index in [2.05, 4.69) is 5.10 Å². The van der Waals surface area contributed by atoms with Crippen molar-refractivity contribution in [3.8, 4) is 5.69 Å². The van der Waals surface area contributed by atoms with Crippen LogP contribution in [-0.4, -0.2) is 22.5 Å². The van der Waals surface area contributed by atoms with E-state index in [4.69, 9.17) is 10.5 Å². The quantitative estimate of drug-likeness (QED) is 0.879. The smallest absolute Gasteiger partial charge is 0.0709 e. The Kier molecular flexibility index (Phi) is 4.12. The summed E-state index contributed by atoms with van der Waals surface area (Å²) in [6.45, 7) is 4.50. The molecule has 4 heteroatoms. The first-order valence-electron chi connectivity index (χ1n) is 6.15. The summed E-state index contributed by atoms with van der Waals surface area (Å²) < 4.78 is 7.41. The van der Waals surface area contributed by atoms with Crippen LogP contribution in [0.1, 0.15) is 25.6 Å². The zero-order chi connectivity index (χ0) is 13.0. The fourth-order valence-electron chi connectivity index (χ4n) is 1.76. The highest BCUT2D eigenvalue weighted by Gasteiger charge is 2.13. The molecule has 0 bridgehead atoms. The Morgan fingerprint density at radius 2 is 1.94 bits per heavy atom. The number of para-hydroxylation sites is 1. The summed E-state index contributed by atoms with van der Waals surface area (Å²) in [6, 6.07) is 11.7. The van der Waals surface area contributed by atoms with Crippen molar-refractivity contribution in [3.63, 3.8) is 0 Å². The summed E-state index contributed by atoms with van der Waals surface area (Å²) in [5, 5.41) is 4.32. The Morgan fingerprint density at radius 1 is 1.22 bits per heavy atom. The summed E-state index contributed by atoms with van der Waals surface area (Å²) >= 11 is 0. The van der Waals surface area contributed by atoms with Gasteiger partial charge in [-0.05, 0) is 32.0 Å². The molecule has 0 aliphatic heterocycles. The van der Waals surface area contributed by atoms with Crippen molar-refractivity contribution in [1.82, 2.24) is 9.78 Å². The van der Waals surface area contributed by atoms with Crippen LogP contribution in [0.15, 0.2) is 42.6 Å². The summed E-state index contributed by atoms with van der Waals surface area (Å²) in [6.07, 6.45) is 1.95. The van der Waals surface area contributed by atoms with E-state index in [0.29, 0.717) is 6.61 Å². The zero-order valence-corrected chi connectivity index (χ0v) is 10.8. The van der Waals surface area contributed by atoms with Crippen LogP contribution in [0.4, 0.5) is 0 Å². The van der Waals surface area contributed by atoms with Gasteiger partial charge >= 0.3 is 0 Å². The van der Waals surface area contributed by atoms with Gasteiger partial charge in [-0.3, -0.25) is 0 Å². The molecule has 2 rings (SSSR count). The fraction of sp³-hybridized carbons (Fsp3) is 0.357. The SMILES string of the molecule is CC(C)OCC(N)c1ccnn1-c1ccccc1. The minimum absolute atomic E-state index is 0.171. The molecule has 0 spiro atoms. The van der Waals surface area contributed by atoms with Crippen LogP contribution >= 0.6 is 0 Å². The van der Waals surface area contributed by atoms with Crippen molar-refractivity contribution in [2.45, 2.75) is 26.0 Å². The third kappa shape index (κ3) is 2.97. The monoisotopic (exact) mass is 245 g/mol. The van der Waals surface area contributed by atoms with Gasteiger partial charge in [-0.15, -0.1) is 0 Å². The maximum Gasteiger partial charge on any atom is 0.0709 e. The third-order valence-corrected chi connectivity index (χ3v) is 2.66. The van der Waals surface area contributed by atoms with Crippen LogP contribution < -0.4 is 5.73 Å². The normalized spacial score (nSPS) is 12.9. The summed E-state index contributed by atoms with van der Waals surface area (Å²) in [5.74, 6) is 0. The second kappa shape index (κ2) is 5.80. The standard InChI is InChI=1S/C14H19N3O/c1-11(2)18-10-13(15)14-8-9-16-17(14)12-6-4-3-5-7-12/h3-9,11,13H,10,15H2,1-2H3. The molecule has 18 heavy (non-hydrogen) atoms. The molecular weight excluding hydrogens is 226 g/mol. The van der Waals surface area contributed by atoms with Crippen LogP contribution in [-0.2, 0) is 4.74 Å². The van der Waals surface area contributed by atoms with Gasteiger partial charge in [-0.25, -0.2) is 4.68 Å². The van der Waals surface area contributed by atoms with Gasteiger partial charge in [0, 0.05) is 6.20 Å². The second-order valence-electron chi connectivity index (χ2n) is 4.49. The lowest BCUT2D eigenvalue weighted by molar-refractivity contribution is 0.0672. The molecule has 0 amide bonds. The number of ether oxygens (including phenoxy) is 1. The molecule has 1 unspecified atom stereocenters. The van der Waals surface area contributed by atoms with Crippen LogP contribution in [0, 0.1) is 0 Å². The Labute approximate surface area is 107 Å². The highest BCUT2D eigenvalue weighted by molar-refractivity contribution is 5.33. The highest BCUT2D eigenvalue weighted by atomic mass is 16.5. The zero-order valence-electron chi connectivity index (χ0n) is 10.8. The number of rotatable bonds is 5. The topological polar surface area (TPSA) is 53.1 Å². The molecule has 0 saturated heterocycles. The molecular formula is C14H19N3O. The molecule has 4 nitrogen and oxygen atoms in total. The first-order valence-corrected chi connectivity index (χ1v) is 6.15. The molecule has 0 saturated carbocycles. The predicted octanol–water partition coefficient (Wildman–Crippen LogP) is 2.30. The van der Waals surface area contributed by atoms with Gasteiger partial charge in [0.25, 0.3) is 0 Å². The molecule has 1 aromatic heterocycles. The van der Waals surface area contributed by atoms with E-state index in [1.54, 1.807) is 6.20 Å². The molecule has 0 fully saturated rings. The van der Waals surface area contributed by atoms with E-state index >= 15 is 0 Å². The first kappa shape index (κ1) is 12.8. The Hall–Kier alpha value is -1.65. The van der Waals surface area contributed by atoms with Crippen LogP contribution in [0.25, 0.3) is 5.69 Å². The lowest BCUT2D eigenvalue weighted by atomic mass is 10.2. The van der Waals surface area contributed by atoms with E-state index in [1.165, 1.54) is 0 Å². The molecule has 96 valence electrons. The van der Waals surface area contributed by atoms with Gasteiger partial charge in [-0.2, -0.15) is 5.10 Å². The molecule has 2 N–H and O–H groups in total. The second-order valence-corrected chi connectivity index (χ2v) is 4.49. The van der Waals surface area contributed by atoms with Crippen LogP contribution in [0.3, 0.4) is 0 Å². The first-order chi connectivity index (χ1) is 8.68. The number of nitrogens with zero attached hydrogens (tertiary/aromatic N) is 2. The highest BCUT2D eigenvalue weighted by Crippen LogP contribution is 2.16.